The van der Waals surface area contributed by atoms with E-state index >= 15 is 0 Å². The predicted octanol–water partition coefficient (Wildman–Crippen LogP) is 3.09. The van der Waals surface area contributed by atoms with Crippen LogP contribution in [0.15, 0.2) is 48.8 Å². The number of amides is 1. The number of carbonyl (C=O) groups is 1. The van der Waals surface area contributed by atoms with Crippen molar-refractivity contribution < 1.29 is 4.79 Å². The molecule has 4 nitrogen and oxygen atoms in total. The van der Waals surface area contributed by atoms with Gasteiger partial charge in [-0.05, 0) is 56.5 Å². The van der Waals surface area contributed by atoms with Gasteiger partial charge in [-0.15, -0.1) is 0 Å². The van der Waals surface area contributed by atoms with Crippen molar-refractivity contribution in [3.8, 4) is 0 Å². The second-order valence-corrected chi connectivity index (χ2v) is 8.07. The lowest BCUT2D eigenvalue weighted by molar-refractivity contribution is -0.00341. The number of rotatable bonds is 2. The number of pyridine rings is 1. The van der Waals surface area contributed by atoms with Crippen molar-refractivity contribution in [2.75, 3.05) is 19.6 Å². The zero-order valence-corrected chi connectivity index (χ0v) is 15.2. The summed E-state index contributed by atoms with van der Waals surface area (Å²) < 4.78 is 0. The Morgan fingerprint density at radius 2 is 1.69 bits per heavy atom. The highest BCUT2D eigenvalue weighted by molar-refractivity contribution is 5.94. The lowest BCUT2D eigenvalue weighted by Crippen LogP contribution is -2.60. The van der Waals surface area contributed by atoms with Crippen LogP contribution in [0.4, 0.5) is 0 Å². The van der Waals surface area contributed by atoms with Crippen LogP contribution < -0.4 is 0 Å². The fourth-order valence-electron chi connectivity index (χ4n) is 5.42. The van der Waals surface area contributed by atoms with Crippen LogP contribution in [0.5, 0.6) is 0 Å². The summed E-state index contributed by atoms with van der Waals surface area (Å²) in [6, 6.07) is 13.4. The molecule has 1 aromatic heterocycles. The molecular weight excluding hydrogens is 322 g/mol. The Morgan fingerprint density at radius 3 is 2.38 bits per heavy atom. The predicted molar refractivity (Wildman–Crippen MR) is 101 cm³/mol. The normalized spacial score (nSPS) is 32.5. The fraction of sp³-hybridized carbons (Fsp3) is 0.455. The van der Waals surface area contributed by atoms with Gasteiger partial charge in [-0.3, -0.25) is 14.7 Å². The van der Waals surface area contributed by atoms with Gasteiger partial charge in [0.2, 0.25) is 0 Å². The van der Waals surface area contributed by atoms with Crippen LogP contribution in [0.25, 0.3) is 0 Å². The highest BCUT2D eigenvalue weighted by Crippen LogP contribution is 2.46. The minimum atomic E-state index is 0.172. The van der Waals surface area contributed by atoms with Crippen LogP contribution in [0, 0.1) is 12.8 Å². The maximum Gasteiger partial charge on any atom is 0.254 e. The minimum Gasteiger partial charge on any atom is -0.333 e. The Bertz CT molecular complexity index is 796. The Kier molecular flexibility index (Phi) is 3.82. The highest BCUT2D eigenvalue weighted by atomic mass is 16.2. The van der Waals surface area contributed by atoms with E-state index in [4.69, 9.17) is 0 Å². The molecule has 5 heterocycles. The molecular formula is C22H25N3O. The number of fused-ring (bicyclic) bond motifs is 2. The first kappa shape index (κ1) is 16.0. The molecule has 1 amide bonds. The fourth-order valence-corrected chi connectivity index (χ4v) is 5.42. The Balaban J connectivity index is 1.52. The molecule has 134 valence electrons. The number of aromatic nitrogens is 1. The van der Waals surface area contributed by atoms with Crippen LogP contribution in [0.1, 0.15) is 40.2 Å². The Labute approximate surface area is 154 Å². The van der Waals surface area contributed by atoms with Crippen molar-refractivity contribution in [3.63, 3.8) is 0 Å². The van der Waals surface area contributed by atoms with E-state index in [-0.39, 0.29) is 5.91 Å². The summed E-state index contributed by atoms with van der Waals surface area (Å²) in [5.74, 6) is 1.23. The largest absolute Gasteiger partial charge is 0.333 e. The molecule has 6 rings (SSSR count). The van der Waals surface area contributed by atoms with E-state index in [9.17, 15) is 4.79 Å². The number of hydrogen-bond donors (Lipinski definition) is 0. The standard InChI is InChI=1S/C22H25N3O/c1-15-2-4-16(5-3-15)19-14-25(22(26)18-6-10-23-11-7-18)20-17-8-12-24(13-9-17)21(19)20/h2-7,10-11,17,19-21H,8-9,12-14H2,1H3/t19-,20-,21-/m1/s1. The maximum absolute atomic E-state index is 13.3. The number of benzene rings is 1. The molecule has 0 unspecified atom stereocenters. The SMILES string of the molecule is Cc1ccc([C@H]2CN(C(=O)c3ccncc3)[C@@H]3C4CCN(CC4)[C@H]23)cc1. The van der Waals surface area contributed by atoms with Crippen molar-refractivity contribution in [2.45, 2.75) is 37.8 Å². The Hall–Kier alpha value is -2.20. The summed E-state index contributed by atoms with van der Waals surface area (Å²) in [4.78, 5) is 22.2. The summed E-state index contributed by atoms with van der Waals surface area (Å²) in [5, 5.41) is 0. The number of hydrogen-bond acceptors (Lipinski definition) is 3. The number of carbonyl (C=O) groups excluding carboxylic acids is 1. The topological polar surface area (TPSA) is 36.4 Å². The van der Waals surface area contributed by atoms with Gasteiger partial charge >= 0.3 is 0 Å². The quantitative estimate of drug-likeness (QED) is 0.838. The van der Waals surface area contributed by atoms with Gasteiger partial charge in [-0.25, -0.2) is 0 Å². The average molecular weight is 347 g/mol. The lowest BCUT2D eigenvalue weighted by Gasteiger charge is -2.51. The molecule has 4 aliphatic rings. The number of likely N-dealkylation sites (tertiary alicyclic amines) is 1. The van der Waals surface area contributed by atoms with E-state index < -0.39 is 0 Å². The number of piperidine rings is 3. The molecule has 4 saturated heterocycles. The van der Waals surface area contributed by atoms with E-state index in [0.29, 0.717) is 23.9 Å². The van der Waals surface area contributed by atoms with Crippen LogP contribution in [0.3, 0.4) is 0 Å². The van der Waals surface area contributed by atoms with Gasteiger partial charge in [-0.2, -0.15) is 0 Å². The third-order valence-electron chi connectivity index (χ3n) is 6.69. The summed E-state index contributed by atoms with van der Waals surface area (Å²) >= 11 is 0. The molecule has 0 N–H and O–H groups in total. The first-order chi connectivity index (χ1) is 12.7. The van der Waals surface area contributed by atoms with Gasteiger partial charge in [-0.1, -0.05) is 29.8 Å². The average Bonchev–Trinajstić information content (AvgIpc) is 3.12. The zero-order chi connectivity index (χ0) is 17.7. The molecule has 2 aromatic rings. The molecule has 4 aliphatic heterocycles. The van der Waals surface area contributed by atoms with Crippen molar-refractivity contribution >= 4 is 5.91 Å². The molecule has 0 aliphatic carbocycles. The zero-order valence-electron chi connectivity index (χ0n) is 15.2. The van der Waals surface area contributed by atoms with Crippen molar-refractivity contribution in [1.29, 1.82) is 0 Å². The number of aryl methyl sites for hydroxylation is 1. The summed E-state index contributed by atoms with van der Waals surface area (Å²) in [6.45, 7) is 5.33. The molecule has 4 heteroatoms. The van der Waals surface area contributed by atoms with Gasteiger partial charge in [0, 0.05) is 36.5 Å². The molecule has 1 aromatic carbocycles. The van der Waals surface area contributed by atoms with Gasteiger partial charge in [0.05, 0.1) is 6.04 Å². The third kappa shape index (κ3) is 2.47. The number of nitrogens with zero attached hydrogens (tertiary/aromatic N) is 3. The van der Waals surface area contributed by atoms with E-state index in [1.165, 1.54) is 37.1 Å². The maximum atomic E-state index is 13.3. The van der Waals surface area contributed by atoms with Crippen molar-refractivity contribution in [1.82, 2.24) is 14.8 Å². The lowest BCUT2D eigenvalue weighted by atomic mass is 9.75. The van der Waals surface area contributed by atoms with Gasteiger partial charge in [0.15, 0.2) is 0 Å². The second-order valence-electron chi connectivity index (χ2n) is 8.07. The van der Waals surface area contributed by atoms with E-state index in [0.717, 1.165) is 12.1 Å². The van der Waals surface area contributed by atoms with E-state index in [1.54, 1.807) is 12.4 Å². The third-order valence-corrected chi connectivity index (χ3v) is 6.69. The molecule has 3 atom stereocenters. The van der Waals surface area contributed by atoms with E-state index in [2.05, 4.69) is 46.0 Å². The summed E-state index contributed by atoms with van der Waals surface area (Å²) in [5.41, 5.74) is 3.43. The first-order valence-electron chi connectivity index (χ1n) is 9.74. The van der Waals surface area contributed by atoms with Gasteiger partial charge < -0.3 is 4.90 Å². The van der Waals surface area contributed by atoms with Crippen molar-refractivity contribution in [3.05, 3.63) is 65.5 Å². The highest BCUT2D eigenvalue weighted by Gasteiger charge is 2.54. The Morgan fingerprint density at radius 1 is 1.00 bits per heavy atom. The van der Waals surface area contributed by atoms with Gasteiger partial charge in [0.1, 0.15) is 0 Å². The molecule has 0 saturated carbocycles. The van der Waals surface area contributed by atoms with Crippen LogP contribution >= 0.6 is 0 Å². The summed E-state index contributed by atoms with van der Waals surface area (Å²) in [6.07, 6.45) is 5.88. The summed E-state index contributed by atoms with van der Waals surface area (Å²) in [7, 11) is 0. The first-order valence-corrected chi connectivity index (χ1v) is 9.74. The molecule has 0 radical (unpaired) electrons. The molecule has 0 spiro atoms. The second kappa shape index (κ2) is 6.20. The van der Waals surface area contributed by atoms with Crippen LogP contribution in [-0.2, 0) is 0 Å². The molecule has 4 fully saturated rings. The minimum absolute atomic E-state index is 0.172. The molecule has 2 bridgehead atoms. The van der Waals surface area contributed by atoms with E-state index in [1.807, 2.05) is 12.1 Å². The van der Waals surface area contributed by atoms with Crippen LogP contribution in [0.2, 0.25) is 0 Å². The monoisotopic (exact) mass is 347 g/mol. The molecule has 26 heavy (non-hydrogen) atoms. The van der Waals surface area contributed by atoms with Gasteiger partial charge in [0.25, 0.3) is 5.91 Å². The van der Waals surface area contributed by atoms with Crippen LogP contribution in [-0.4, -0.2) is 52.4 Å². The van der Waals surface area contributed by atoms with Crippen molar-refractivity contribution in [2.24, 2.45) is 5.92 Å². The smallest absolute Gasteiger partial charge is 0.254 e.